The number of thiophene rings is 1. The first-order valence-corrected chi connectivity index (χ1v) is 7.97. The lowest BCUT2D eigenvalue weighted by molar-refractivity contribution is 0.103. The van der Waals surface area contributed by atoms with E-state index in [4.69, 9.17) is 0 Å². The quantitative estimate of drug-likeness (QED) is 0.744. The highest BCUT2D eigenvalue weighted by atomic mass is 32.2. The number of rotatable bonds is 0. The predicted octanol–water partition coefficient (Wildman–Crippen LogP) is 2.57. The second kappa shape index (κ2) is 3.76. The van der Waals surface area contributed by atoms with Crippen LogP contribution in [0, 0.1) is 6.92 Å². The Labute approximate surface area is 109 Å². The molecular formula is C13H10O3S2. The zero-order chi connectivity index (χ0) is 12.9. The molecule has 0 unspecified atom stereocenters. The Balaban J connectivity index is 2.39. The predicted molar refractivity (Wildman–Crippen MR) is 69.8 cm³/mol. The monoisotopic (exact) mass is 278 g/mol. The van der Waals surface area contributed by atoms with Gasteiger partial charge >= 0.3 is 0 Å². The van der Waals surface area contributed by atoms with E-state index in [-0.39, 0.29) is 16.4 Å². The summed E-state index contributed by atoms with van der Waals surface area (Å²) in [6.07, 6.45) is 0. The summed E-state index contributed by atoms with van der Waals surface area (Å²) in [7, 11) is -3.43. The van der Waals surface area contributed by atoms with Crippen molar-refractivity contribution in [2.45, 2.75) is 17.6 Å². The number of fused-ring (bicyclic) bond motifs is 2. The van der Waals surface area contributed by atoms with Crippen LogP contribution < -0.4 is 0 Å². The van der Waals surface area contributed by atoms with E-state index in [2.05, 4.69) is 0 Å². The smallest absolute Gasteiger partial charge is 0.204 e. The van der Waals surface area contributed by atoms with Crippen molar-refractivity contribution in [3.05, 3.63) is 51.2 Å². The third kappa shape index (κ3) is 1.62. The number of sulfone groups is 1. The fourth-order valence-electron chi connectivity index (χ4n) is 2.15. The minimum absolute atomic E-state index is 0.0896. The van der Waals surface area contributed by atoms with Gasteiger partial charge in [0.25, 0.3) is 0 Å². The van der Waals surface area contributed by atoms with Gasteiger partial charge in [-0.05, 0) is 36.1 Å². The highest BCUT2D eigenvalue weighted by Crippen LogP contribution is 2.32. The maximum absolute atomic E-state index is 12.4. The van der Waals surface area contributed by atoms with Crippen LogP contribution in [0.3, 0.4) is 0 Å². The summed E-state index contributed by atoms with van der Waals surface area (Å²) in [4.78, 5) is 13.1. The molecule has 1 aromatic carbocycles. The molecule has 0 saturated carbocycles. The van der Waals surface area contributed by atoms with Crippen molar-refractivity contribution < 1.29 is 13.2 Å². The maximum Gasteiger partial charge on any atom is 0.204 e. The number of carbonyl (C=O) groups excluding carboxylic acids is 1. The van der Waals surface area contributed by atoms with Gasteiger partial charge in [-0.3, -0.25) is 4.79 Å². The minimum atomic E-state index is -3.43. The Morgan fingerprint density at radius 2 is 2.00 bits per heavy atom. The lowest BCUT2D eigenvalue weighted by atomic mass is 10.1. The summed E-state index contributed by atoms with van der Waals surface area (Å²) in [6.45, 7) is 1.85. The van der Waals surface area contributed by atoms with E-state index < -0.39 is 9.84 Å². The van der Waals surface area contributed by atoms with E-state index in [1.807, 2.05) is 6.92 Å². The zero-order valence-electron chi connectivity index (χ0n) is 9.64. The van der Waals surface area contributed by atoms with Crippen molar-refractivity contribution >= 4 is 27.0 Å². The average molecular weight is 278 g/mol. The van der Waals surface area contributed by atoms with Gasteiger partial charge in [0.1, 0.15) is 0 Å². The molecule has 3 nitrogen and oxygen atoms in total. The first kappa shape index (κ1) is 11.6. The molecule has 18 heavy (non-hydrogen) atoms. The van der Waals surface area contributed by atoms with E-state index in [1.54, 1.807) is 23.6 Å². The van der Waals surface area contributed by atoms with E-state index >= 15 is 0 Å². The SMILES string of the molecule is Cc1ccc2c(c1)C(=O)c1sccc1CS2(=O)=O. The van der Waals surface area contributed by atoms with Gasteiger partial charge in [-0.2, -0.15) is 0 Å². The van der Waals surface area contributed by atoms with Crippen molar-refractivity contribution in [1.82, 2.24) is 0 Å². The molecule has 1 aromatic heterocycles. The van der Waals surface area contributed by atoms with Crippen LogP contribution in [0.15, 0.2) is 34.5 Å². The molecule has 0 atom stereocenters. The topological polar surface area (TPSA) is 51.2 Å². The minimum Gasteiger partial charge on any atom is -0.288 e. The maximum atomic E-state index is 12.4. The molecule has 0 bridgehead atoms. The average Bonchev–Trinajstić information content (AvgIpc) is 2.72. The molecule has 0 saturated heterocycles. The van der Waals surface area contributed by atoms with Crippen molar-refractivity contribution in [3.63, 3.8) is 0 Å². The molecule has 1 aliphatic rings. The van der Waals surface area contributed by atoms with Crippen LogP contribution in [0.5, 0.6) is 0 Å². The first-order valence-electron chi connectivity index (χ1n) is 5.43. The molecule has 1 aliphatic heterocycles. The Bertz CT molecular complexity index is 754. The Kier molecular flexibility index (Phi) is 2.43. The number of hydrogen-bond acceptors (Lipinski definition) is 4. The Morgan fingerprint density at radius 1 is 1.22 bits per heavy atom. The van der Waals surface area contributed by atoms with Crippen molar-refractivity contribution in [1.29, 1.82) is 0 Å². The molecule has 92 valence electrons. The highest BCUT2D eigenvalue weighted by molar-refractivity contribution is 7.90. The van der Waals surface area contributed by atoms with E-state index in [9.17, 15) is 13.2 Å². The summed E-state index contributed by atoms with van der Waals surface area (Å²) >= 11 is 1.30. The molecule has 2 heterocycles. The van der Waals surface area contributed by atoms with Gasteiger partial charge in [0, 0.05) is 5.56 Å². The van der Waals surface area contributed by atoms with Gasteiger partial charge in [0.15, 0.2) is 9.84 Å². The number of benzene rings is 1. The van der Waals surface area contributed by atoms with E-state index in [0.29, 0.717) is 16.0 Å². The second-order valence-corrected chi connectivity index (χ2v) is 7.24. The fraction of sp³-hybridized carbons (Fsp3) is 0.154. The molecule has 0 amide bonds. The van der Waals surface area contributed by atoms with E-state index in [1.165, 1.54) is 17.4 Å². The summed E-state index contributed by atoms with van der Waals surface area (Å²) in [5.74, 6) is -0.270. The molecule has 0 N–H and O–H groups in total. The van der Waals surface area contributed by atoms with Gasteiger partial charge in [0.05, 0.1) is 15.5 Å². The Hall–Kier alpha value is -1.46. The molecule has 2 aromatic rings. The molecule has 3 rings (SSSR count). The van der Waals surface area contributed by atoms with Gasteiger partial charge in [-0.25, -0.2) is 8.42 Å². The molecular weight excluding hydrogens is 268 g/mol. The van der Waals surface area contributed by atoms with Crippen molar-refractivity contribution in [2.75, 3.05) is 0 Å². The summed E-state index contributed by atoms with van der Waals surface area (Å²) < 4.78 is 24.5. The van der Waals surface area contributed by atoms with Crippen LogP contribution in [-0.2, 0) is 15.6 Å². The lowest BCUT2D eigenvalue weighted by Crippen LogP contribution is -2.06. The highest BCUT2D eigenvalue weighted by Gasteiger charge is 2.30. The number of carbonyl (C=O) groups is 1. The summed E-state index contributed by atoms with van der Waals surface area (Å²) in [5, 5.41) is 1.76. The van der Waals surface area contributed by atoms with Gasteiger partial charge < -0.3 is 0 Å². The third-order valence-corrected chi connectivity index (χ3v) is 5.69. The summed E-state index contributed by atoms with van der Waals surface area (Å²) in [5.41, 5.74) is 1.80. The largest absolute Gasteiger partial charge is 0.288 e. The van der Waals surface area contributed by atoms with Crippen LogP contribution in [0.25, 0.3) is 0 Å². The number of aryl methyl sites for hydroxylation is 1. The standard InChI is InChI=1S/C13H10O3S2/c1-8-2-3-11-10(6-8)12(14)13-9(4-5-17-13)7-18(11,15)16/h2-6H,7H2,1H3. The van der Waals surface area contributed by atoms with Gasteiger partial charge in [-0.1, -0.05) is 11.6 Å². The Morgan fingerprint density at radius 3 is 2.78 bits per heavy atom. The van der Waals surface area contributed by atoms with Crippen molar-refractivity contribution in [2.24, 2.45) is 0 Å². The zero-order valence-corrected chi connectivity index (χ0v) is 11.3. The van der Waals surface area contributed by atoms with Crippen LogP contribution in [-0.4, -0.2) is 14.2 Å². The molecule has 0 fully saturated rings. The first-order chi connectivity index (χ1) is 8.49. The molecule has 0 radical (unpaired) electrons. The normalized spacial score (nSPS) is 16.8. The molecule has 0 aliphatic carbocycles. The van der Waals surface area contributed by atoms with Gasteiger partial charge in [0.2, 0.25) is 5.78 Å². The molecule has 5 heteroatoms. The third-order valence-electron chi connectivity index (χ3n) is 3.01. The van der Waals surface area contributed by atoms with Crippen LogP contribution >= 0.6 is 11.3 Å². The fourth-order valence-corrected chi connectivity index (χ4v) is 4.68. The van der Waals surface area contributed by atoms with Crippen LogP contribution in [0.2, 0.25) is 0 Å². The van der Waals surface area contributed by atoms with Crippen LogP contribution in [0.4, 0.5) is 0 Å². The van der Waals surface area contributed by atoms with Crippen LogP contribution in [0.1, 0.15) is 26.4 Å². The van der Waals surface area contributed by atoms with Gasteiger partial charge in [-0.15, -0.1) is 11.3 Å². The number of hydrogen-bond donors (Lipinski definition) is 0. The lowest BCUT2D eigenvalue weighted by Gasteiger charge is -2.05. The van der Waals surface area contributed by atoms with E-state index in [0.717, 1.165) is 5.56 Å². The second-order valence-electron chi connectivity index (χ2n) is 4.36. The summed E-state index contributed by atoms with van der Waals surface area (Å²) in [6, 6.07) is 6.63. The number of ketones is 1. The van der Waals surface area contributed by atoms with Crippen molar-refractivity contribution in [3.8, 4) is 0 Å². The molecule has 0 spiro atoms.